The molecule has 8 heavy (non-hydrogen) atoms. The molecule has 0 aromatic heterocycles. The summed E-state index contributed by atoms with van der Waals surface area (Å²) in [6.07, 6.45) is 0. The molecular weight excluding hydrogens is 116 g/mol. The van der Waals surface area contributed by atoms with Gasteiger partial charge in [0.2, 0.25) is 0 Å². The number of thiol groups is 1. The highest BCUT2D eigenvalue weighted by molar-refractivity contribution is 7.80. The summed E-state index contributed by atoms with van der Waals surface area (Å²) in [4.78, 5) is 0.882. The number of rotatable bonds is 0. The van der Waals surface area contributed by atoms with Gasteiger partial charge in [0, 0.05) is 4.90 Å². The second-order valence-corrected chi connectivity index (χ2v) is 2.04. The average molecular weight is 122 g/mol. The van der Waals surface area contributed by atoms with Crippen molar-refractivity contribution in [3.8, 4) is 0 Å². The molecule has 0 fully saturated rings. The minimum Gasteiger partial charge on any atom is -0.142 e. The van der Waals surface area contributed by atoms with Gasteiger partial charge in [0.05, 0.1) is 0 Å². The van der Waals surface area contributed by atoms with E-state index in [0.29, 0.717) is 0 Å². The SMILES string of the molecule is Cc1[c]cc[c]c1S. The van der Waals surface area contributed by atoms with E-state index in [9.17, 15) is 0 Å². The minimum atomic E-state index is 0.882. The number of hydrogen-bond donors (Lipinski definition) is 1. The molecule has 0 unspecified atom stereocenters. The van der Waals surface area contributed by atoms with Gasteiger partial charge in [-0.1, -0.05) is 12.1 Å². The molecule has 40 valence electrons. The predicted octanol–water partition coefficient (Wildman–Crippen LogP) is 1.88. The smallest absolute Gasteiger partial charge is 0.0155 e. The Balaban J connectivity index is 3.13. The van der Waals surface area contributed by atoms with E-state index in [1.807, 2.05) is 13.0 Å². The number of benzene rings is 1. The van der Waals surface area contributed by atoms with Crippen LogP contribution in [0, 0.1) is 19.1 Å². The Morgan fingerprint density at radius 1 is 1.38 bits per heavy atom. The van der Waals surface area contributed by atoms with Crippen molar-refractivity contribution in [3.63, 3.8) is 0 Å². The zero-order chi connectivity index (χ0) is 5.98. The van der Waals surface area contributed by atoms with Crippen LogP contribution in [-0.4, -0.2) is 0 Å². The van der Waals surface area contributed by atoms with Crippen LogP contribution in [0.25, 0.3) is 0 Å². The lowest BCUT2D eigenvalue weighted by Crippen LogP contribution is -1.72. The molecular formula is C7H6S. The monoisotopic (exact) mass is 122 g/mol. The molecule has 0 aliphatic rings. The third-order valence-corrected chi connectivity index (χ3v) is 1.42. The van der Waals surface area contributed by atoms with Gasteiger partial charge in [-0.15, -0.1) is 12.6 Å². The summed E-state index contributed by atoms with van der Waals surface area (Å²) in [6.45, 7) is 1.96. The van der Waals surface area contributed by atoms with Gasteiger partial charge < -0.3 is 0 Å². The molecule has 0 atom stereocenters. The van der Waals surface area contributed by atoms with Crippen molar-refractivity contribution >= 4 is 12.6 Å². The summed E-state index contributed by atoms with van der Waals surface area (Å²) in [5.41, 5.74) is 1.05. The maximum absolute atomic E-state index is 4.11. The van der Waals surface area contributed by atoms with E-state index in [4.69, 9.17) is 0 Å². The zero-order valence-electron chi connectivity index (χ0n) is 4.60. The molecule has 0 saturated heterocycles. The number of hydrogen-bond acceptors (Lipinski definition) is 1. The van der Waals surface area contributed by atoms with E-state index in [0.717, 1.165) is 10.5 Å². The van der Waals surface area contributed by atoms with Crippen molar-refractivity contribution in [2.24, 2.45) is 0 Å². The first-order valence-corrected chi connectivity index (χ1v) is 2.83. The first-order chi connectivity index (χ1) is 3.80. The van der Waals surface area contributed by atoms with E-state index < -0.39 is 0 Å². The summed E-state index contributed by atoms with van der Waals surface area (Å²) in [5, 5.41) is 0. The van der Waals surface area contributed by atoms with Crippen LogP contribution in [-0.2, 0) is 0 Å². The highest BCUT2D eigenvalue weighted by Gasteiger charge is 1.86. The summed E-state index contributed by atoms with van der Waals surface area (Å²) >= 11 is 4.11. The second kappa shape index (κ2) is 2.23. The van der Waals surface area contributed by atoms with E-state index in [1.165, 1.54) is 0 Å². The number of aryl methyl sites for hydroxylation is 1. The fourth-order valence-corrected chi connectivity index (χ4v) is 0.603. The lowest BCUT2D eigenvalue weighted by atomic mass is 10.2. The molecule has 2 radical (unpaired) electrons. The van der Waals surface area contributed by atoms with E-state index in [2.05, 4.69) is 24.8 Å². The van der Waals surface area contributed by atoms with Crippen molar-refractivity contribution in [2.45, 2.75) is 11.8 Å². The zero-order valence-corrected chi connectivity index (χ0v) is 5.50. The van der Waals surface area contributed by atoms with E-state index in [1.54, 1.807) is 6.07 Å². The first-order valence-electron chi connectivity index (χ1n) is 2.38. The molecule has 1 rings (SSSR count). The lowest BCUT2D eigenvalue weighted by molar-refractivity contribution is 1.29. The Bertz CT molecular complexity index is 160. The topological polar surface area (TPSA) is 0 Å². The molecule has 0 bridgehead atoms. The highest BCUT2D eigenvalue weighted by Crippen LogP contribution is 2.08. The molecule has 1 heteroatoms. The van der Waals surface area contributed by atoms with Gasteiger partial charge in [0.25, 0.3) is 0 Å². The first kappa shape index (κ1) is 5.70. The van der Waals surface area contributed by atoms with Gasteiger partial charge in [0.15, 0.2) is 0 Å². The van der Waals surface area contributed by atoms with Crippen molar-refractivity contribution in [1.29, 1.82) is 0 Å². The molecule has 0 spiro atoms. The van der Waals surface area contributed by atoms with Crippen molar-refractivity contribution in [2.75, 3.05) is 0 Å². The second-order valence-electron chi connectivity index (χ2n) is 1.60. The molecule has 0 aliphatic carbocycles. The molecule has 0 N–H and O–H groups in total. The quantitative estimate of drug-likeness (QED) is 0.499. The Morgan fingerprint density at radius 2 is 2.00 bits per heavy atom. The fraction of sp³-hybridized carbons (Fsp3) is 0.143. The average Bonchev–Trinajstić information content (AvgIpc) is 1.77. The minimum absolute atomic E-state index is 0.882. The Hall–Kier alpha value is -0.430. The van der Waals surface area contributed by atoms with Gasteiger partial charge in [0.1, 0.15) is 0 Å². The molecule has 0 nitrogen and oxygen atoms in total. The van der Waals surface area contributed by atoms with Crippen LogP contribution in [0.3, 0.4) is 0 Å². The molecule has 0 saturated carbocycles. The van der Waals surface area contributed by atoms with Crippen LogP contribution in [0.2, 0.25) is 0 Å². The van der Waals surface area contributed by atoms with Crippen LogP contribution in [0.15, 0.2) is 17.0 Å². The van der Waals surface area contributed by atoms with Crippen LogP contribution < -0.4 is 0 Å². The summed E-state index contributed by atoms with van der Waals surface area (Å²) in [5.74, 6) is 0. The van der Waals surface area contributed by atoms with Crippen LogP contribution in [0.4, 0.5) is 0 Å². The van der Waals surface area contributed by atoms with Crippen LogP contribution in [0.1, 0.15) is 5.56 Å². The Labute approximate surface area is 55.0 Å². The lowest BCUT2D eigenvalue weighted by Gasteiger charge is -1.90. The van der Waals surface area contributed by atoms with Gasteiger partial charge in [-0.25, -0.2) is 0 Å². The van der Waals surface area contributed by atoms with Gasteiger partial charge >= 0.3 is 0 Å². The van der Waals surface area contributed by atoms with Crippen molar-refractivity contribution in [1.82, 2.24) is 0 Å². The standard InChI is InChI=1S/C7H6S/c1-6-4-2-3-5-7(6)8/h2-3,8H,1H3. The Morgan fingerprint density at radius 3 is 2.38 bits per heavy atom. The van der Waals surface area contributed by atoms with Crippen LogP contribution in [0.5, 0.6) is 0 Å². The van der Waals surface area contributed by atoms with Crippen molar-refractivity contribution < 1.29 is 0 Å². The summed E-state index contributed by atoms with van der Waals surface area (Å²) < 4.78 is 0. The summed E-state index contributed by atoms with van der Waals surface area (Å²) in [6, 6.07) is 9.55. The van der Waals surface area contributed by atoms with Gasteiger partial charge in [-0.2, -0.15) is 0 Å². The third-order valence-electron chi connectivity index (χ3n) is 0.958. The molecule has 1 aromatic carbocycles. The molecule has 1 aromatic rings. The van der Waals surface area contributed by atoms with Gasteiger partial charge in [-0.3, -0.25) is 0 Å². The Kier molecular flexibility index (Phi) is 1.59. The summed E-state index contributed by atoms with van der Waals surface area (Å²) in [7, 11) is 0. The van der Waals surface area contributed by atoms with Crippen molar-refractivity contribution in [3.05, 3.63) is 29.8 Å². The fourth-order valence-electron chi connectivity index (χ4n) is 0.464. The molecule has 0 heterocycles. The third kappa shape index (κ3) is 1.04. The largest absolute Gasteiger partial charge is 0.142 e. The van der Waals surface area contributed by atoms with Gasteiger partial charge in [-0.05, 0) is 24.6 Å². The van der Waals surface area contributed by atoms with E-state index >= 15 is 0 Å². The highest BCUT2D eigenvalue weighted by atomic mass is 32.1. The predicted molar refractivity (Wildman–Crippen MR) is 36.1 cm³/mol. The normalized spacial score (nSPS) is 9.25. The van der Waals surface area contributed by atoms with Crippen LogP contribution >= 0.6 is 12.6 Å². The maximum Gasteiger partial charge on any atom is 0.0155 e. The molecule has 0 amide bonds. The van der Waals surface area contributed by atoms with E-state index in [-0.39, 0.29) is 0 Å². The maximum atomic E-state index is 4.11. The molecule has 0 aliphatic heterocycles.